The lowest BCUT2D eigenvalue weighted by atomic mass is 10.2. The van der Waals surface area contributed by atoms with Crippen molar-refractivity contribution in [3.05, 3.63) is 61.1 Å². The van der Waals surface area contributed by atoms with Crippen LogP contribution < -0.4 is 10.1 Å². The van der Waals surface area contributed by atoms with Crippen LogP contribution in [0, 0.1) is 0 Å². The van der Waals surface area contributed by atoms with E-state index in [-0.39, 0.29) is 11.7 Å². The molecule has 0 radical (unpaired) electrons. The second-order valence-electron chi connectivity index (χ2n) is 8.24. The molecule has 0 atom stereocenters. The summed E-state index contributed by atoms with van der Waals surface area (Å²) in [6.07, 6.45) is 9.79. The fraction of sp³-hybridized carbons (Fsp3) is 0.320. The van der Waals surface area contributed by atoms with E-state index >= 15 is 0 Å². The molecular formula is C25H27N7O2S. The number of hydrogen-bond acceptors (Lipinski definition) is 7. The minimum Gasteiger partial charge on any atom is -0.494 e. The van der Waals surface area contributed by atoms with Crippen molar-refractivity contribution >= 4 is 23.5 Å². The Labute approximate surface area is 207 Å². The monoisotopic (exact) mass is 489 g/mol. The lowest BCUT2D eigenvalue weighted by Crippen LogP contribution is -2.19. The van der Waals surface area contributed by atoms with Gasteiger partial charge < -0.3 is 10.1 Å². The van der Waals surface area contributed by atoms with E-state index in [1.54, 1.807) is 18.6 Å². The summed E-state index contributed by atoms with van der Waals surface area (Å²) in [5.41, 5.74) is 1.77. The van der Waals surface area contributed by atoms with E-state index in [4.69, 9.17) is 4.74 Å². The van der Waals surface area contributed by atoms with E-state index in [1.165, 1.54) is 24.6 Å². The van der Waals surface area contributed by atoms with Gasteiger partial charge in [-0.25, -0.2) is 4.68 Å². The van der Waals surface area contributed by atoms with Crippen LogP contribution >= 0.6 is 11.8 Å². The molecule has 4 aromatic rings. The topological polar surface area (TPSA) is 99.8 Å². The first-order valence-corrected chi connectivity index (χ1v) is 12.8. The number of thioether (sulfide) groups is 1. The Morgan fingerprint density at radius 3 is 2.57 bits per heavy atom. The molecule has 0 unspecified atom stereocenters. The van der Waals surface area contributed by atoms with Crippen molar-refractivity contribution in [2.45, 2.75) is 43.8 Å². The third-order valence-corrected chi connectivity index (χ3v) is 6.85. The van der Waals surface area contributed by atoms with Gasteiger partial charge in [0.05, 0.1) is 24.6 Å². The Balaban J connectivity index is 1.35. The normalized spacial score (nSPS) is 13.7. The van der Waals surface area contributed by atoms with Crippen LogP contribution in [0.2, 0.25) is 0 Å². The van der Waals surface area contributed by atoms with Gasteiger partial charge in [-0.3, -0.25) is 14.3 Å². The number of amides is 1. The van der Waals surface area contributed by atoms with Crippen molar-refractivity contribution in [1.82, 2.24) is 29.5 Å². The van der Waals surface area contributed by atoms with Gasteiger partial charge in [-0.15, -0.1) is 10.2 Å². The van der Waals surface area contributed by atoms with Crippen molar-refractivity contribution in [3.8, 4) is 22.8 Å². The fourth-order valence-corrected chi connectivity index (χ4v) is 5.06. The first-order chi connectivity index (χ1) is 17.2. The zero-order valence-corrected chi connectivity index (χ0v) is 20.3. The largest absolute Gasteiger partial charge is 0.494 e. The molecule has 1 fully saturated rings. The Morgan fingerprint density at radius 2 is 1.83 bits per heavy atom. The molecule has 1 aliphatic rings. The van der Waals surface area contributed by atoms with Crippen LogP contribution in [0.1, 0.15) is 38.6 Å². The van der Waals surface area contributed by atoms with Crippen molar-refractivity contribution < 1.29 is 9.53 Å². The van der Waals surface area contributed by atoms with Gasteiger partial charge in [0.25, 0.3) is 0 Å². The standard InChI is InChI=1S/C25H27N7O2S/c1-2-34-21-9-7-19(8-10-21)31-24(18-11-14-26-15-12-18)29-30-25(31)35-17-23(33)28-22-13-16-27-32(22)20-5-3-4-6-20/h7-16,20H,2-6,17H2,1H3,(H,28,33). The van der Waals surface area contributed by atoms with Gasteiger partial charge in [-0.2, -0.15) is 5.10 Å². The minimum atomic E-state index is -0.110. The van der Waals surface area contributed by atoms with E-state index in [0.717, 1.165) is 35.7 Å². The maximum absolute atomic E-state index is 12.8. The maximum Gasteiger partial charge on any atom is 0.235 e. The molecule has 35 heavy (non-hydrogen) atoms. The SMILES string of the molecule is CCOc1ccc(-n2c(SCC(=O)Nc3ccnn3C3CCCC3)nnc2-c2ccncc2)cc1. The molecule has 1 aliphatic carbocycles. The minimum absolute atomic E-state index is 0.110. The molecule has 1 amide bonds. The number of ether oxygens (including phenoxy) is 1. The quantitative estimate of drug-likeness (QED) is 0.338. The summed E-state index contributed by atoms with van der Waals surface area (Å²) in [6, 6.07) is 13.7. The van der Waals surface area contributed by atoms with Crippen molar-refractivity contribution in [1.29, 1.82) is 0 Å². The van der Waals surface area contributed by atoms with Crippen LogP contribution in [-0.2, 0) is 4.79 Å². The highest BCUT2D eigenvalue weighted by Crippen LogP contribution is 2.32. The molecule has 0 spiro atoms. The first kappa shape index (κ1) is 23.1. The number of carbonyl (C=O) groups is 1. The number of carbonyl (C=O) groups excluding carboxylic acids is 1. The second kappa shape index (κ2) is 10.7. The molecular weight excluding hydrogens is 462 g/mol. The van der Waals surface area contributed by atoms with Crippen molar-refractivity contribution in [2.75, 3.05) is 17.7 Å². The number of benzene rings is 1. The average Bonchev–Trinajstić information content (AvgIpc) is 3.65. The van der Waals surface area contributed by atoms with E-state index in [0.29, 0.717) is 23.6 Å². The first-order valence-electron chi connectivity index (χ1n) is 11.8. The average molecular weight is 490 g/mol. The second-order valence-corrected chi connectivity index (χ2v) is 9.18. The van der Waals surface area contributed by atoms with Crippen molar-refractivity contribution in [3.63, 3.8) is 0 Å². The number of aromatic nitrogens is 6. The Morgan fingerprint density at radius 1 is 1.06 bits per heavy atom. The van der Waals surface area contributed by atoms with Crippen LogP contribution in [0.3, 0.4) is 0 Å². The van der Waals surface area contributed by atoms with Gasteiger partial charge in [-0.1, -0.05) is 24.6 Å². The van der Waals surface area contributed by atoms with Crippen LogP contribution in [0.4, 0.5) is 5.82 Å². The van der Waals surface area contributed by atoms with Crippen LogP contribution in [0.15, 0.2) is 66.2 Å². The van der Waals surface area contributed by atoms with Crippen LogP contribution in [0.25, 0.3) is 17.1 Å². The number of pyridine rings is 1. The Bertz CT molecular complexity index is 1260. The van der Waals surface area contributed by atoms with Crippen LogP contribution in [-0.4, -0.2) is 47.8 Å². The van der Waals surface area contributed by atoms with E-state index in [2.05, 4.69) is 25.6 Å². The summed E-state index contributed by atoms with van der Waals surface area (Å²) in [6.45, 7) is 2.56. The zero-order chi connectivity index (χ0) is 24.0. The van der Waals surface area contributed by atoms with Gasteiger partial charge in [0.1, 0.15) is 11.6 Å². The van der Waals surface area contributed by atoms with Gasteiger partial charge in [0.2, 0.25) is 5.91 Å². The molecule has 10 heteroatoms. The number of rotatable bonds is 9. The predicted molar refractivity (Wildman–Crippen MR) is 135 cm³/mol. The summed E-state index contributed by atoms with van der Waals surface area (Å²) in [4.78, 5) is 16.9. The molecule has 3 aromatic heterocycles. The third kappa shape index (κ3) is 5.22. The smallest absolute Gasteiger partial charge is 0.235 e. The van der Waals surface area contributed by atoms with Gasteiger partial charge >= 0.3 is 0 Å². The Kier molecular flexibility index (Phi) is 7.08. The lowest BCUT2D eigenvalue weighted by Gasteiger charge is -2.14. The number of nitrogens with one attached hydrogen (secondary N) is 1. The highest BCUT2D eigenvalue weighted by Gasteiger charge is 2.21. The summed E-state index contributed by atoms with van der Waals surface area (Å²) in [5.74, 6) is 2.30. The number of nitrogens with zero attached hydrogens (tertiary/aromatic N) is 6. The summed E-state index contributed by atoms with van der Waals surface area (Å²) < 4.78 is 9.48. The fourth-order valence-electron chi connectivity index (χ4n) is 4.30. The molecule has 9 nitrogen and oxygen atoms in total. The van der Waals surface area contributed by atoms with Crippen LogP contribution in [0.5, 0.6) is 5.75 Å². The highest BCUT2D eigenvalue weighted by atomic mass is 32.2. The van der Waals surface area contributed by atoms with E-state index in [9.17, 15) is 4.79 Å². The highest BCUT2D eigenvalue weighted by molar-refractivity contribution is 7.99. The molecule has 0 bridgehead atoms. The number of hydrogen-bond donors (Lipinski definition) is 1. The third-order valence-electron chi connectivity index (χ3n) is 5.92. The molecule has 1 aromatic carbocycles. The summed E-state index contributed by atoms with van der Waals surface area (Å²) >= 11 is 1.34. The molecule has 0 saturated heterocycles. The molecule has 0 aliphatic heterocycles. The maximum atomic E-state index is 12.8. The van der Waals surface area contributed by atoms with Gasteiger partial charge in [0, 0.05) is 29.7 Å². The zero-order valence-electron chi connectivity index (χ0n) is 19.5. The lowest BCUT2D eigenvalue weighted by molar-refractivity contribution is -0.113. The molecule has 1 saturated carbocycles. The summed E-state index contributed by atoms with van der Waals surface area (Å²) in [5, 5.41) is 16.9. The molecule has 1 N–H and O–H groups in total. The van der Waals surface area contributed by atoms with E-state index in [1.807, 2.05) is 58.6 Å². The summed E-state index contributed by atoms with van der Waals surface area (Å²) in [7, 11) is 0. The predicted octanol–water partition coefficient (Wildman–Crippen LogP) is 4.77. The van der Waals surface area contributed by atoms with Gasteiger partial charge in [0.15, 0.2) is 11.0 Å². The molecule has 180 valence electrons. The van der Waals surface area contributed by atoms with Gasteiger partial charge in [-0.05, 0) is 56.2 Å². The molecule has 3 heterocycles. The number of anilines is 1. The van der Waals surface area contributed by atoms with Crippen molar-refractivity contribution in [2.24, 2.45) is 0 Å². The van der Waals surface area contributed by atoms with E-state index < -0.39 is 0 Å². The Hall–Kier alpha value is -3.66. The molecule has 5 rings (SSSR count).